The second-order valence-electron chi connectivity index (χ2n) is 6.04. The van der Waals surface area contributed by atoms with Gasteiger partial charge in [0.05, 0.1) is 0 Å². The van der Waals surface area contributed by atoms with E-state index in [1.807, 2.05) is 0 Å². The molecule has 2 aliphatic carbocycles. The normalized spacial score (nSPS) is 35.4. The molecule has 3 unspecified atom stereocenters. The Morgan fingerprint density at radius 1 is 1.29 bits per heavy atom. The maximum Gasteiger partial charge on any atom is -0.0171 e. The average Bonchev–Trinajstić information content (AvgIpc) is 2.67. The SMILES string of the molecule is CCCCC1CC(C)C2CCCC/C=C/C=C12. The molecule has 2 rings (SSSR count). The average molecular weight is 232 g/mol. The van der Waals surface area contributed by atoms with Crippen molar-refractivity contribution in [2.75, 3.05) is 0 Å². The first kappa shape index (κ1) is 12.9. The Hall–Kier alpha value is -0.520. The molecule has 0 spiro atoms. The van der Waals surface area contributed by atoms with Crippen molar-refractivity contribution in [2.45, 2.75) is 65.2 Å². The van der Waals surface area contributed by atoms with E-state index < -0.39 is 0 Å². The Morgan fingerprint density at radius 2 is 2.18 bits per heavy atom. The van der Waals surface area contributed by atoms with E-state index >= 15 is 0 Å². The molecule has 2 aliphatic rings. The molecule has 3 atom stereocenters. The van der Waals surface area contributed by atoms with E-state index in [0.29, 0.717) is 0 Å². The lowest BCUT2D eigenvalue weighted by atomic mass is 9.87. The van der Waals surface area contributed by atoms with E-state index in [1.165, 1.54) is 51.4 Å². The van der Waals surface area contributed by atoms with Crippen LogP contribution in [0, 0.1) is 17.8 Å². The highest BCUT2D eigenvalue weighted by molar-refractivity contribution is 5.23. The van der Waals surface area contributed by atoms with Gasteiger partial charge in [0.15, 0.2) is 0 Å². The van der Waals surface area contributed by atoms with Crippen LogP contribution in [0.2, 0.25) is 0 Å². The summed E-state index contributed by atoms with van der Waals surface area (Å²) < 4.78 is 0. The predicted octanol–water partition coefficient (Wildman–Crippen LogP) is 5.51. The summed E-state index contributed by atoms with van der Waals surface area (Å²) >= 11 is 0. The molecule has 0 amide bonds. The van der Waals surface area contributed by atoms with Gasteiger partial charge in [-0.05, 0) is 49.9 Å². The standard InChI is InChI=1S/C17H28/c1-3-4-10-15-13-14(2)16-11-8-6-5-7-9-12-17(15)16/h7,9,12,14-16H,3-6,8,10-11,13H2,1-2H3/b9-7+,17-12?. The first-order chi connectivity index (χ1) is 8.33. The van der Waals surface area contributed by atoms with Gasteiger partial charge in [0.25, 0.3) is 0 Å². The largest absolute Gasteiger partial charge is 0.0845 e. The van der Waals surface area contributed by atoms with E-state index in [2.05, 4.69) is 32.1 Å². The minimum absolute atomic E-state index is 0.901. The van der Waals surface area contributed by atoms with Crippen LogP contribution < -0.4 is 0 Å². The molecule has 1 fully saturated rings. The van der Waals surface area contributed by atoms with E-state index in [1.54, 1.807) is 5.57 Å². The van der Waals surface area contributed by atoms with Crippen LogP contribution in [0.5, 0.6) is 0 Å². The topological polar surface area (TPSA) is 0 Å². The molecule has 96 valence electrons. The van der Waals surface area contributed by atoms with Gasteiger partial charge in [-0.25, -0.2) is 0 Å². The summed E-state index contributed by atoms with van der Waals surface area (Å²) in [6.45, 7) is 4.79. The van der Waals surface area contributed by atoms with Crippen molar-refractivity contribution in [1.29, 1.82) is 0 Å². The quantitative estimate of drug-likeness (QED) is 0.602. The molecule has 0 aromatic rings. The van der Waals surface area contributed by atoms with Gasteiger partial charge < -0.3 is 0 Å². The molecule has 0 aromatic heterocycles. The first-order valence-electron chi connectivity index (χ1n) is 7.69. The van der Waals surface area contributed by atoms with Crippen LogP contribution in [0.25, 0.3) is 0 Å². The Bertz CT molecular complexity index is 284. The van der Waals surface area contributed by atoms with Gasteiger partial charge in [-0.15, -0.1) is 0 Å². The van der Waals surface area contributed by atoms with Gasteiger partial charge in [-0.3, -0.25) is 0 Å². The smallest absolute Gasteiger partial charge is 0.0171 e. The third kappa shape index (κ3) is 3.24. The zero-order valence-electron chi connectivity index (χ0n) is 11.6. The van der Waals surface area contributed by atoms with Crippen LogP contribution in [-0.4, -0.2) is 0 Å². The molecule has 0 heterocycles. The van der Waals surface area contributed by atoms with Crippen molar-refractivity contribution in [1.82, 2.24) is 0 Å². The molecular formula is C17H28. The number of hydrogen-bond acceptors (Lipinski definition) is 0. The van der Waals surface area contributed by atoms with Crippen LogP contribution in [0.4, 0.5) is 0 Å². The molecule has 0 bridgehead atoms. The second kappa shape index (κ2) is 6.42. The molecular weight excluding hydrogens is 204 g/mol. The van der Waals surface area contributed by atoms with Crippen molar-refractivity contribution in [3.05, 3.63) is 23.8 Å². The molecule has 0 saturated heterocycles. The lowest BCUT2D eigenvalue weighted by Crippen LogP contribution is -2.06. The van der Waals surface area contributed by atoms with Crippen LogP contribution >= 0.6 is 0 Å². The zero-order chi connectivity index (χ0) is 12.1. The fourth-order valence-electron chi connectivity index (χ4n) is 3.73. The second-order valence-corrected chi connectivity index (χ2v) is 6.04. The Kier molecular flexibility index (Phi) is 4.88. The van der Waals surface area contributed by atoms with Crippen molar-refractivity contribution in [2.24, 2.45) is 17.8 Å². The number of unbranched alkanes of at least 4 members (excludes halogenated alkanes) is 1. The van der Waals surface area contributed by atoms with E-state index in [9.17, 15) is 0 Å². The Labute approximate surface area is 107 Å². The maximum absolute atomic E-state index is 2.48. The molecule has 0 nitrogen and oxygen atoms in total. The van der Waals surface area contributed by atoms with Gasteiger partial charge in [-0.1, -0.05) is 56.9 Å². The van der Waals surface area contributed by atoms with Crippen molar-refractivity contribution in [3.8, 4) is 0 Å². The van der Waals surface area contributed by atoms with E-state index in [0.717, 1.165) is 17.8 Å². The van der Waals surface area contributed by atoms with Crippen LogP contribution in [0.3, 0.4) is 0 Å². The molecule has 17 heavy (non-hydrogen) atoms. The predicted molar refractivity (Wildman–Crippen MR) is 76.0 cm³/mol. The van der Waals surface area contributed by atoms with E-state index in [-0.39, 0.29) is 0 Å². The molecule has 0 aromatic carbocycles. The fraction of sp³-hybridized carbons (Fsp3) is 0.765. The molecule has 1 saturated carbocycles. The lowest BCUT2D eigenvalue weighted by molar-refractivity contribution is 0.409. The minimum atomic E-state index is 0.901. The summed E-state index contributed by atoms with van der Waals surface area (Å²) in [6, 6.07) is 0. The third-order valence-electron chi connectivity index (χ3n) is 4.71. The lowest BCUT2D eigenvalue weighted by Gasteiger charge is -2.18. The van der Waals surface area contributed by atoms with Gasteiger partial charge in [-0.2, -0.15) is 0 Å². The van der Waals surface area contributed by atoms with Gasteiger partial charge in [0.1, 0.15) is 0 Å². The summed E-state index contributed by atoms with van der Waals surface area (Å²) in [7, 11) is 0. The molecule has 0 N–H and O–H groups in total. The monoisotopic (exact) mass is 232 g/mol. The summed E-state index contributed by atoms with van der Waals surface area (Å²) in [4.78, 5) is 0. The highest BCUT2D eigenvalue weighted by atomic mass is 14.4. The summed E-state index contributed by atoms with van der Waals surface area (Å²) in [6.07, 6.45) is 18.4. The van der Waals surface area contributed by atoms with Crippen molar-refractivity contribution < 1.29 is 0 Å². The highest BCUT2D eigenvalue weighted by Gasteiger charge is 2.34. The summed E-state index contributed by atoms with van der Waals surface area (Å²) in [5, 5.41) is 0. The van der Waals surface area contributed by atoms with Crippen LogP contribution in [0.1, 0.15) is 65.2 Å². The van der Waals surface area contributed by atoms with Gasteiger partial charge in [0, 0.05) is 0 Å². The zero-order valence-corrected chi connectivity index (χ0v) is 11.6. The van der Waals surface area contributed by atoms with Crippen molar-refractivity contribution >= 4 is 0 Å². The number of rotatable bonds is 3. The number of fused-ring (bicyclic) bond motifs is 1. The summed E-state index contributed by atoms with van der Waals surface area (Å²) in [5.74, 6) is 2.73. The van der Waals surface area contributed by atoms with Gasteiger partial charge in [0.2, 0.25) is 0 Å². The first-order valence-corrected chi connectivity index (χ1v) is 7.69. The fourth-order valence-corrected chi connectivity index (χ4v) is 3.73. The molecule has 0 heteroatoms. The number of allylic oxidation sites excluding steroid dienone is 4. The minimum Gasteiger partial charge on any atom is -0.0845 e. The summed E-state index contributed by atoms with van der Waals surface area (Å²) in [5.41, 5.74) is 1.80. The maximum atomic E-state index is 2.48. The van der Waals surface area contributed by atoms with Crippen LogP contribution in [0.15, 0.2) is 23.8 Å². The third-order valence-corrected chi connectivity index (χ3v) is 4.71. The molecule has 0 aliphatic heterocycles. The number of hydrogen-bond donors (Lipinski definition) is 0. The Balaban J connectivity index is 2.10. The Morgan fingerprint density at radius 3 is 3.00 bits per heavy atom. The highest BCUT2D eigenvalue weighted by Crippen LogP contribution is 2.46. The van der Waals surface area contributed by atoms with Gasteiger partial charge >= 0.3 is 0 Å². The van der Waals surface area contributed by atoms with Crippen LogP contribution in [-0.2, 0) is 0 Å². The van der Waals surface area contributed by atoms with E-state index in [4.69, 9.17) is 0 Å². The van der Waals surface area contributed by atoms with Crippen molar-refractivity contribution in [3.63, 3.8) is 0 Å². The molecule has 0 radical (unpaired) electrons.